The summed E-state index contributed by atoms with van der Waals surface area (Å²) in [4.78, 5) is 7.12. The minimum Gasteiger partial charge on any atom is -0.309 e. The molecule has 1 aliphatic carbocycles. The number of nitrogens with one attached hydrogen (secondary N) is 1. The van der Waals surface area contributed by atoms with Crippen molar-refractivity contribution >= 4 is 11.3 Å². The molecule has 3 heteroatoms. The maximum absolute atomic E-state index is 4.30. The summed E-state index contributed by atoms with van der Waals surface area (Å²) < 4.78 is 0. The largest absolute Gasteiger partial charge is 0.309 e. The van der Waals surface area contributed by atoms with Crippen LogP contribution in [0.3, 0.4) is 0 Å². The van der Waals surface area contributed by atoms with Gasteiger partial charge in [-0.25, -0.2) is 0 Å². The highest BCUT2D eigenvalue weighted by Gasteiger charge is 2.32. The van der Waals surface area contributed by atoms with Gasteiger partial charge in [-0.05, 0) is 62.4 Å². The molecule has 0 spiro atoms. The quantitative estimate of drug-likeness (QED) is 0.841. The third kappa shape index (κ3) is 3.10. The van der Waals surface area contributed by atoms with Crippen LogP contribution in [0.5, 0.6) is 0 Å². The zero-order valence-corrected chi connectivity index (χ0v) is 13.0. The van der Waals surface area contributed by atoms with Crippen LogP contribution in [-0.4, -0.2) is 11.5 Å². The van der Waals surface area contributed by atoms with Crippen molar-refractivity contribution in [1.82, 2.24) is 10.3 Å². The molecule has 2 aromatic heterocycles. The van der Waals surface area contributed by atoms with Crippen molar-refractivity contribution in [3.05, 3.63) is 41.0 Å². The molecule has 3 rings (SSSR count). The number of hydrogen-bond acceptors (Lipinski definition) is 3. The molecule has 106 valence electrons. The minimum absolute atomic E-state index is 0.562. The number of thiophene rings is 1. The number of hydrogen-bond donors (Lipinski definition) is 1. The molecule has 1 aliphatic rings. The number of aryl methyl sites for hydroxylation is 1. The van der Waals surface area contributed by atoms with Crippen LogP contribution in [0.25, 0.3) is 10.4 Å². The first-order valence-electron chi connectivity index (χ1n) is 7.53. The molecule has 0 aromatic carbocycles. The molecular weight excluding hydrogens is 264 g/mol. The van der Waals surface area contributed by atoms with E-state index in [9.17, 15) is 0 Å². The van der Waals surface area contributed by atoms with Gasteiger partial charge >= 0.3 is 0 Å². The molecule has 0 amide bonds. The van der Waals surface area contributed by atoms with E-state index >= 15 is 0 Å². The molecule has 2 aromatic rings. The summed E-state index contributed by atoms with van der Waals surface area (Å²) in [6.45, 7) is 5.44. The van der Waals surface area contributed by atoms with E-state index in [0.717, 1.165) is 12.5 Å². The summed E-state index contributed by atoms with van der Waals surface area (Å²) in [6, 6.07) is 7.33. The Morgan fingerprint density at radius 1 is 1.35 bits per heavy atom. The molecule has 2 nitrogen and oxygen atoms in total. The Bertz CT molecular complexity index is 572. The lowest BCUT2D eigenvalue weighted by Crippen LogP contribution is -2.22. The lowest BCUT2D eigenvalue weighted by molar-refractivity contribution is 0.488. The molecule has 1 fully saturated rings. The van der Waals surface area contributed by atoms with Gasteiger partial charge in [0.25, 0.3) is 0 Å². The zero-order chi connectivity index (χ0) is 13.9. The maximum Gasteiger partial charge on any atom is 0.0443 e. The molecule has 2 heterocycles. The Balaban J connectivity index is 1.81. The van der Waals surface area contributed by atoms with Crippen molar-refractivity contribution in [2.24, 2.45) is 5.92 Å². The molecule has 1 atom stereocenters. The van der Waals surface area contributed by atoms with Gasteiger partial charge in [-0.1, -0.05) is 6.92 Å². The standard InChI is InChI=1S/C17H22N2S/c1-3-8-19-17(13-4-5-13)16-7-6-15(20-16)14-9-12(2)10-18-11-14/h6-7,9-11,13,17,19H,3-5,8H2,1-2H3. The normalized spacial score (nSPS) is 16.3. The van der Waals surface area contributed by atoms with E-state index in [2.05, 4.69) is 42.3 Å². The first-order valence-corrected chi connectivity index (χ1v) is 8.34. The van der Waals surface area contributed by atoms with Crippen LogP contribution in [0, 0.1) is 12.8 Å². The predicted molar refractivity (Wildman–Crippen MR) is 86.0 cm³/mol. The van der Waals surface area contributed by atoms with Gasteiger partial charge in [-0.2, -0.15) is 0 Å². The molecule has 1 unspecified atom stereocenters. The fourth-order valence-electron chi connectivity index (χ4n) is 2.59. The Morgan fingerprint density at radius 3 is 2.90 bits per heavy atom. The lowest BCUT2D eigenvalue weighted by atomic mass is 10.1. The van der Waals surface area contributed by atoms with Crippen molar-refractivity contribution < 1.29 is 0 Å². The van der Waals surface area contributed by atoms with Crippen molar-refractivity contribution in [2.75, 3.05) is 6.54 Å². The Labute approximate surface area is 125 Å². The lowest BCUT2D eigenvalue weighted by Gasteiger charge is -2.16. The van der Waals surface area contributed by atoms with Gasteiger partial charge in [0.1, 0.15) is 0 Å². The highest BCUT2D eigenvalue weighted by molar-refractivity contribution is 7.15. The van der Waals surface area contributed by atoms with E-state index in [1.807, 2.05) is 23.7 Å². The second-order valence-corrected chi connectivity index (χ2v) is 6.84. The summed E-state index contributed by atoms with van der Waals surface area (Å²) in [5.41, 5.74) is 2.46. The Hall–Kier alpha value is -1.19. The topological polar surface area (TPSA) is 24.9 Å². The van der Waals surface area contributed by atoms with Crippen LogP contribution in [-0.2, 0) is 0 Å². The summed E-state index contributed by atoms with van der Waals surface area (Å²) in [5, 5.41) is 3.72. The van der Waals surface area contributed by atoms with Crippen LogP contribution in [0.15, 0.2) is 30.6 Å². The molecule has 0 saturated heterocycles. The summed E-state index contributed by atoms with van der Waals surface area (Å²) in [5.74, 6) is 0.851. The predicted octanol–water partition coefficient (Wildman–Crippen LogP) is 4.57. The second kappa shape index (κ2) is 6.06. The minimum atomic E-state index is 0.562. The molecule has 20 heavy (non-hydrogen) atoms. The molecule has 1 saturated carbocycles. The van der Waals surface area contributed by atoms with Crippen LogP contribution in [0.1, 0.15) is 42.7 Å². The van der Waals surface area contributed by atoms with Gasteiger partial charge < -0.3 is 5.32 Å². The van der Waals surface area contributed by atoms with Crippen molar-refractivity contribution in [3.8, 4) is 10.4 Å². The first kappa shape index (κ1) is 13.8. The Kier molecular flexibility index (Phi) is 4.18. The Morgan fingerprint density at radius 2 is 2.20 bits per heavy atom. The van der Waals surface area contributed by atoms with Gasteiger partial charge in [0.15, 0.2) is 0 Å². The van der Waals surface area contributed by atoms with Crippen LogP contribution in [0.4, 0.5) is 0 Å². The molecule has 0 bridgehead atoms. The van der Waals surface area contributed by atoms with Gasteiger partial charge in [0, 0.05) is 33.8 Å². The van der Waals surface area contributed by atoms with Crippen LogP contribution in [0.2, 0.25) is 0 Å². The molecule has 0 aliphatic heterocycles. The van der Waals surface area contributed by atoms with Gasteiger partial charge in [0.2, 0.25) is 0 Å². The van der Waals surface area contributed by atoms with E-state index in [0.29, 0.717) is 6.04 Å². The fourth-order valence-corrected chi connectivity index (χ4v) is 3.75. The first-order chi connectivity index (χ1) is 9.78. The monoisotopic (exact) mass is 286 g/mol. The number of rotatable bonds is 6. The van der Waals surface area contributed by atoms with E-state index in [4.69, 9.17) is 0 Å². The number of nitrogens with zero attached hydrogens (tertiary/aromatic N) is 1. The van der Waals surface area contributed by atoms with Crippen LogP contribution >= 0.6 is 11.3 Å². The number of aromatic nitrogens is 1. The van der Waals surface area contributed by atoms with Gasteiger partial charge in [0.05, 0.1) is 0 Å². The van der Waals surface area contributed by atoms with Crippen molar-refractivity contribution in [3.63, 3.8) is 0 Å². The molecule has 1 N–H and O–H groups in total. The third-order valence-electron chi connectivity index (χ3n) is 3.80. The van der Waals surface area contributed by atoms with E-state index < -0.39 is 0 Å². The fraction of sp³-hybridized carbons (Fsp3) is 0.471. The summed E-state index contributed by atoms with van der Waals surface area (Å²) in [6.07, 6.45) is 7.83. The molecule has 0 radical (unpaired) electrons. The smallest absolute Gasteiger partial charge is 0.0443 e. The van der Waals surface area contributed by atoms with Gasteiger partial charge in [-0.3, -0.25) is 4.98 Å². The molecular formula is C17H22N2S. The maximum atomic E-state index is 4.30. The SMILES string of the molecule is CCCNC(c1ccc(-c2cncc(C)c2)s1)C1CC1. The zero-order valence-electron chi connectivity index (χ0n) is 12.2. The van der Waals surface area contributed by atoms with E-state index in [1.165, 1.54) is 40.1 Å². The van der Waals surface area contributed by atoms with Gasteiger partial charge in [-0.15, -0.1) is 11.3 Å². The number of pyridine rings is 1. The van der Waals surface area contributed by atoms with E-state index in [1.54, 1.807) is 0 Å². The average molecular weight is 286 g/mol. The highest BCUT2D eigenvalue weighted by atomic mass is 32.1. The second-order valence-electron chi connectivity index (χ2n) is 5.72. The summed E-state index contributed by atoms with van der Waals surface area (Å²) >= 11 is 1.92. The van der Waals surface area contributed by atoms with Crippen molar-refractivity contribution in [1.29, 1.82) is 0 Å². The third-order valence-corrected chi connectivity index (χ3v) is 5.02. The highest BCUT2D eigenvalue weighted by Crippen LogP contribution is 2.44. The van der Waals surface area contributed by atoms with Crippen molar-refractivity contribution in [2.45, 2.75) is 39.2 Å². The van der Waals surface area contributed by atoms with Crippen LogP contribution < -0.4 is 5.32 Å². The average Bonchev–Trinajstić information content (AvgIpc) is 3.16. The van der Waals surface area contributed by atoms with E-state index in [-0.39, 0.29) is 0 Å². The summed E-state index contributed by atoms with van der Waals surface area (Å²) in [7, 11) is 0.